The van der Waals surface area contributed by atoms with Crippen molar-refractivity contribution in [2.75, 3.05) is 19.7 Å². The molecule has 2 nitrogen and oxygen atoms in total. The van der Waals surface area contributed by atoms with Gasteiger partial charge in [-0.1, -0.05) is 6.92 Å². The van der Waals surface area contributed by atoms with Crippen LogP contribution in [0, 0.1) is 0 Å². The maximum atomic E-state index is 5.48. The zero-order valence-corrected chi connectivity index (χ0v) is 10.1. The van der Waals surface area contributed by atoms with Crippen LogP contribution in [0.3, 0.4) is 0 Å². The third-order valence-electron chi connectivity index (χ3n) is 1.60. The van der Waals surface area contributed by atoms with E-state index < -0.39 is 0 Å². The van der Waals surface area contributed by atoms with E-state index >= 15 is 0 Å². The van der Waals surface area contributed by atoms with Crippen LogP contribution in [-0.2, 0) is 11.3 Å². The lowest BCUT2D eigenvalue weighted by Gasteiger charge is -2.03. The van der Waals surface area contributed by atoms with E-state index in [-0.39, 0.29) is 0 Å². The van der Waals surface area contributed by atoms with Gasteiger partial charge < -0.3 is 10.1 Å². The summed E-state index contributed by atoms with van der Waals surface area (Å²) in [4.78, 5) is 1.26. The third-order valence-corrected chi connectivity index (χ3v) is 3.50. The smallest absolute Gasteiger partial charge is 0.0821 e. The fourth-order valence-electron chi connectivity index (χ4n) is 0.914. The van der Waals surface area contributed by atoms with Gasteiger partial charge in [-0.05, 0) is 33.9 Å². The van der Waals surface area contributed by atoms with Crippen molar-refractivity contribution in [2.24, 2.45) is 0 Å². The topological polar surface area (TPSA) is 21.3 Å². The Bertz CT molecular complexity index is 239. The third kappa shape index (κ3) is 4.22. The molecular weight excluding hydrogens is 250 g/mol. The molecule has 4 heteroatoms. The van der Waals surface area contributed by atoms with Crippen molar-refractivity contribution in [3.8, 4) is 0 Å². The van der Waals surface area contributed by atoms with Crippen molar-refractivity contribution >= 4 is 27.3 Å². The first kappa shape index (κ1) is 11.2. The number of hydrogen-bond acceptors (Lipinski definition) is 3. The molecule has 0 amide bonds. The molecule has 1 aromatic rings. The van der Waals surface area contributed by atoms with Crippen LogP contribution < -0.4 is 5.32 Å². The Labute approximate surface area is 91.4 Å². The molecule has 0 aliphatic rings. The second-order valence-electron chi connectivity index (χ2n) is 2.60. The molecule has 0 saturated heterocycles. The minimum atomic E-state index is 0.712. The molecule has 0 aliphatic carbocycles. The van der Waals surface area contributed by atoms with Gasteiger partial charge in [-0.25, -0.2) is 0 Å². The normalized spacial score (nSPS) is 10.6. The van der Waals surface area contributed by atoms with Crippen molar-refractivity contribution in [3.63, 3.8) is 0 Å². The fraction of sp³-hybridized carbons (Fsp3) is 0.556. The van der Waals surface area contributed by atoms with Crippen LogP contribution in [0.2, 0.25) is 0 Å². The van der Waals surface area contributed by atoms with Crippen molar-refractivity contribution in [3.05, 3.63) is 20.8 Å². The van der Waals surface area contributed by atoms with Gasteiger partial charge in [0, 0.05) is 15.9 Å². The van der Waals surface area contributed by atoms with Gasteiger partial charge in [-0.2, -0.15) is 0 Å². The van der Waals surface area contributed by atoms with Crippen LogP contribution >= 0.6 is 27.3 Å². The molecule has 0 saturated carbocycles. The molecular formula is C9H14BrNOS. The van der Waals surface area contributed by atoms with Crippen LogP contribution in [0.5, 0.6) is 0 Å². The summed E-state index contributed by atoms with van der Waals surface area (Å²) in [5, 5.41) is 5.27. The summed E-state index contributed by atoms with van der Waals surface area (Å²) in [6.07, 6.45) is 0. The number of likely N-dealkylation sites (N-methyl/N-ethyl adjacent to an activating group) is 1. The highest BCUT2D eigenvalue weighted by molar-refractivity contribution is 9.10. The monoisotopic (exact) mass is 263 g/mol. The largest absolute Gasteiger partial charge is 0.375 e. The van der Waals surface area contributed by atoms with Gasteiger partial charge in [0.15, 0.2) is 0 Å². The zero-order valence-electron chi connectivity index (χ0n) is 7.68. The highest BCUT2D eigenvalue weighted by atomic mass is 79.9. The Kier molecular flexibility index (Phi) is 5.62. The second-order valence-corrected chi connectivity index (χ2v) is 4.45. The first-order valence-electron chi connectivity index (χ1n) is 4.35. The summed E-state index contributed by atoms with van der Waals surface area (Å²) < 4.78 is 6.63. The molecule has 0 aliphatic heterocycles. The minimum Gasteiger partial charge on any atom is -0.375 e. The van der Waals surface area contributed by atoms with E-state index in [2.05, 4.69) is 33.6 Å². The Morgan fingerprint density at radius 1 is 1.62 bits per heavy atom. The van der Waals surface area contributed by atoms with Crippen LogP contribution in [0.15, 0.2) is 15.9 Å². The Morgan fingerprint density at radius 2 is 2.46 bits per heavy atom. The molecule has 0 spiro atoms. The number of ether oxygens (including phenoxy) is 1. The number of nitrogens with one attached hydrogen (secondary N) is 1. The number of rotatable bonds is 6. The zero-order chi connectivity index (χ0) is 9.52. The number of halogens is 1. The molecule has 0 radical (unpaired) electrons. The highest BCUT2D eigenvalue weighted by Crippen LogP contribution is 2.22. The molecule has 1 heterocycles. The first-order chi connectivity index (χ1) is 6.34. The lowest BCUT2D eigenvalue weighted by molar-refractivity contribution is 0.125. The van der Waals surface area contributed by atoms with E-state index in [1.807, 2.05) is 6.07 Å². The molecule has 0 bridgehead atoms. The average molecular weight is 264 g/mol. The Morgan fingerprint density at radius 3 is 3.08 bits per heavy atom. The maximum absolute atomic E-state index is 5.48. The minimum absolute atomic E-state index is 0.712. The first-order valence-corrected chi connectivity index (χ1v) is 6.02. The molecule has 1 rings (SSSR count). The highest BCUT2D eigenvalue weighted by Gasteiger charge is 1.99. The average Bonchev–Trinajstić information content (AvgIpc) is 2.52. The van der Waals surface area contributed by atoms with Gasteiger partial charge in [0.1, 0.15) is 0 Å². The molecule has 0 unspecified atom stereocenters. The molecule has 74 valence electrons. The Balaban J connectivity index is 2.10. The van der Waals surface area contributed by atoms with Crippen LogP contribution in [0.4, 0.5) is 0 Å². The van der Waals surface area contributed by atoms with Gasteiger partial charge in [0.05, 0.1) is 13.2 Å². The van der Waals surface area contributed by atoms with E-state index in [0.717, 1.165) is 24.2 Å². The Hall–Kier alpha value is 0.100. The summed E-state index contributed by atoms with van der Waals surface area (Å²) >= 11 is 5.18. The number of hydrogen-bond donors (Lipinski definition) is 1. The lowest BCUT2D eigenvalue weighted by atomic mass is 10.5. The van der Waals surface area contributed by atoms with Crippen LogP contribution in [0.25, 0.3) is 0 Å². The van der Waals surface area contributed by atoms with E-state index in [4.69, 9.17) is 4.74 Å². The van der Waals surface area contributed by atoms with Gasteiger partial charge in [0.2, 0.25) is 0 Å². The van der Waals surface area contributed by atoms with Gasteiger partial charge >= 0.3 is 0 Å². The maximum Gasteiger partial charge on any atom is 0.0821 e. The molecule has 1 aromatic heterocycles. The molecule has 0 fully saturated rings. The van der Waals surface area contributed by atoms with E-state index in [0.29, 0.717) is 6.61 Å². The summed E-state index contributed by atoms with van der Waals surface area (Å²) in [6.45, 7) is 5.52. The van der Waals surface area contributed by atoms with E-state index in [1.165, 1.54) is 4.88 Å². The summed E-state index contributed by atoms with van der Waals surface area (Å²) in [7, 11) is 0. The summed E-state index contributed by atoms with van der Waals surface area (Å²) in [5.41, 5.74) is 0. The van der Waals surface area contributed by atoms with Crippen molar-refractivity contribution in [2.45, 2.75) is 13.5 Å². The standard InChI is InChI=1S/C9H14BrNOS/c1-2-11-4-5-12-7-9-8(10)3-6-13-9/h3,6,11H,2,4-5,7H2,1H3. The molecule has 0 aromatic carbocycles. The fourth-order valence-corrected chi connectivity index (χ4v) is 2.32. The second kappa shape index (κ2) is 6.54. The van der Waals surface area contributed by atoms with Crippen molar-refractivity contribution < 1.29 is 4.74 Å². The van der Waals surface area contributed by atoms with E-state index in [1.54, 1.807) is 11.3 Å². The predicted octanol–water partition coefficient (Wildman–Crippen LogP) is 2.64. The number of thiophene rings is 1. The predicted molar refractivity (Wildman–Crippen MR) is 60.2 cm³/mol. The SMILES string of the molecule is CCNCCOCc1sccc1Br. The van der Waals surface area contributed by atoms with E-state index in [9.17, 15) is 0 Å². The van der Waals surface area contributed by atoms with Gasteiger partial charge in [0.25, 0.3) is 0 Å². The summed E-state index contributed by atoms with van der Waals surface area (Å²) in [5.74, 6) is 0. The molecule has 1 N–H and O–H groups in total. The van der Waals surface area contributed by atoms with Gasteiger partial charge in [-0.3, -0.25) is 0 Å². The van der Waals surface area contributed by atoms with Crippen LogP contribution in [-0.4, -0.2) is 19.7 Å². The quantitative estimate of drug-likeness (QED) is 0.797. The van der Waals surface area contributed by atoms with Crippen molar-refractivity contribution in [1.82, 2.24) is 5.32 Å². The molecule has 13 heavy (non-hydrogen) atoms. The van der Waals surface area contributed by atoms with Crippen molar-refractivity contribution in [1.29, 1.82) is 0 Å². The molecule has 0 atom stereocenters. The van der Waals surface area contributed by atoms with Gasteiger partial charge in [-0.15, -0.1) is 11.3 Å². The van der Waals surface area contributed by atoms with Crippen LogP contribution in [0.1, 0.15) is 11.8 Å². The lowest BCUT2D eigenvalue weighted by Crippen LogP contribution is -2.18. The summed E-state index contributed by atoms with van der Waals surface area (Å²) in [6, 6.07) is 2.05.